The van der Waals surface area contributed by atoms with Gasteiger partial charge in [0.15, 0.2) is 0 Å². The molecule has 1 aliphatic carbocycles. The van der Waals surface area contributed by atoms with Crippen molar-refractivity contribution in [2.24, 2.45) is 5.41 Å². The second kappa shape index (κ2) is 3.12. The first-order chi connectivity index (χ1) is 6.46. The first kappa shape index (κ1) is 9.76. The molecule has 1 unspecified atom stereocenters. The maximum absolute atomic E-state index is 2.34. The molecule has 0 heterocycles. The van der Waals surface area contributed by atoms with E-state index >= 15 is 0 Å². The summed E-state index contributed by atoms with van der Waals surface area (Å²) in [5.74, 6) is 0.825. The molecule has 0 saturated carbocycles. The highest BCUT2D eigenvalue weighted by atomic mass is 14.3. The van der Waals surface area contributed by atoms with Crippen LogP contribution in [0.15, 0.2) is 18.2 Å². The largest absolute Gasteiger partial charge is 0.0602 e. The van der Waals surface area contributed by atoms with Gasteiger partial charge in [0.05, 0.1) is 0 Å². The molecule has 0 radical (unpaired) electrons. The van der Waals surface area contributed by atoms with Crippen molar-refractivity contribution < 1.29 is 0 Å². The highest BCUT2D eigenvalue weighted by Crippen LogP contribution is 2.42. The lowest BCUT2D eigenvalue weighted by Crippen LogP contribution is -2.22. The Morgan fingerprint density at radius 3 is 2.57 bits per heavy atom. The van der Waals surface area contributed by atoms with Gasteiger partial charge in [-0.2, -0.15) is 0 Å². The van der Waals surface area contributed by atoms with Crippen LogP contribution in [0, 0.1) is 12.3 Å². The third kappa shape index (κ3) is 1.84. The monoisotopic (exact) mass is 188 g/mol. The van der Waals surface area contributed by atoms with Crippen molar-refractivity contribution >= 4 is 0 Å². The van der Waals surface area contributed by atoms with Gasteiger partial charge in [-0.3, -0.25) is 0 Å². The van der Waals surface area contributed by atoms with Gasteiger partial charge in [0.1, 0.15) is 0 Å². The van der Waals surface area contributed by atoms with Gasteiger partial charge in [-0.05, 0) is 42.2 Å². The normalized spacial score (nSPS) is 20.1. The molecule has 0 aliphatic heterocycles. The molecule has 1 aromatic carbocycles. The lowest BCUT2D eigenvalue weighted by Gasteiger charge is -2.35. The molecule has 1 atom stereocenters. The lowest BCUT2D eigenvalue weighted by atomic mass is 9.70. The second-order valence-electron chi connectivity index (χ2n) is 5.87. The summed E-state index contributed by atoms with van der Waals surface area (Å²) in [6.45, 7) is 9.18. The molecule has 1 aromatic rings. The summed E-state index contributed by atoms with van der Waals surface area (Å²) in [6.07, 6.45) is 2.62. The number of benzene rings is 1. The molecule has 0 saturated heterocycles. The molecule has 0 aromatic heterocycles. The van der Waals surface area contributed by atoms with Gasteiger partial charge in [-0.25, -0.2) is 0 Å². The molecular weight excluding hydrogens is 168 g/mol. The second-order valence-corrected chi connectivity index (χ2v) is 5.87. The van der Waals surface area contributed by atoms with E-state index in [1.54, 1.807) is 11.1 Å². The minimum Gasteiger partial charge on any atom is -0.0602 e. The van der Waals surface area contributed by atoms with Gasteiger partial charge < -0.3 is 0 Å². The average molecular weight is 188 g/mol. The van der Waals surface area contributed by atoms with Gasteiger partial charge in [-0.1, -0.05) is 44.5 Å². The predicted octanol–water partition coefficient (Wildman–Crippen LogP) is 4.07. The Morgan fingerprint density at radius 2 is 2.00 bits per heavy atom. The molecule has 0 spiro atoms. The van der Waals surface area contributed by atoms with Crippen LogP contribution in [-0.4, -0.2) is 0 Å². The minimum absolute atomic E-state index is 0.466. The summed E-state index contributed by atoms with van der Waals surface area (Å²) >= 11 is 0. The molecule has 14 heavy (non-hydrogen) atoms. The van der Waals surface area contributed by atoms with E-state index in [2.05, 4.69) is 45.9 Å². The van der Waals surface area contributed by atoms with Gasteiger partial charge >= 0.3 is 0 Å². The Bertz CT molecular complexity index is 342. The summed E-state index contributed by atoms with van der Waals surface area (Å²) < 4.78 is 0. The van der Waals surface area contributed by atoms with Gasteiger partial charge in [0.25, 0.3) is 0 Å². The van der Waals surface area contributed by atoms with Crippen molar-refractivity contribution in [1.29, 1.82) is 0 Å². The standard InChI is InChI=1S/C14H20/c1-10-5-6-13-11(7-10)8-12(13)9-14(2,3)4/h5-7,12H,8-9H2,1-4H3. The first-order valence-corrected chi connectivity index (χ1v) is 5.55. The molecule has 0 fully saturated rings. The van der Waals surface area contributed by atoms with Crippen molar-refractivity contribution in [1.82, 2.24) is 0 Å². The summed E-state index contributed by atoms with van der Waals surface area (Å²) in [5.41, 5.74) is 5.05. The fourth-order valence-corrected chi connectivity index (χ4v) is 2.48. The Morgan fingerprint density at radius 1 is 1.29 bits per heavy atom. The van der Waals surface area contributed by atoms with Crippen molar-refractivity contribution in [2.75, 3.05) is 0 Å². The van der Waals surface area contributed by atoms with Crippen LogP contribution < -0.4 is 0 Å². The zero-order chi connectivity index (χ0) is 10.3. The van der Waals surface area contributed by atoms with Crippen LogP contribution in [0.1, 0.15) is 49.8 Å². The molecule has 1 aliphatic rings. The summed E-state index contributed by atoms with van der Waals surface area (Å²) in [6, 6.07) is 6.91. The fraction of sp³-hybridized carbons (Fsp3) is 0.571. The molecule has 0 nitrogen and oxygen atoms in total. The molecular formula is C14H20. The van der Waals surface area contributed by atoms with Gasteiger partial charge in [0.2, 0.25) is 0 Å². The Hall–Kier alpha value is -0.780. The van der Waals surface area contributed by atoms with Crippen LogP contribution >= 0.6 is 0 Å². The third-order valence-electron chi connectivity index (χ3n) is 3.06. The molecule has 2 rings (SSSR count). The van der Waals surface area contributed by atoms with E-state index in [0.717, 1.165) is 5.92 Å². The summed E-state index contributed by atoms with van der Waals surface area (Å²) in [7, 11) is 0. The van der Waals surface area contributed by atoms with Crippen molar-refractivity contribution in [3.05, 3.63) is 34.9 Å². The SMILES string of the molecule is Cc1ccc2c(c1)CC2CC(C)(C)C. The van der Waals surface area contributed by atoms with Crippen molar-refractivity contribution in [3.8, 4) is 0 Å². The van der Waals surface area contributed by atoms with E-state index in [1.165, 1.54) is 18.4 Å². The smallest absolute Gasteiger partial charge is 0.0114 e. The average Bonchev–Trinajstić information content (AvgIpc) is 1.99. The number of hydrogen-bond acceptors (Lipinski definition) is 0. The van der Waals surface area contributed by atoms with Crippen LogP contribution in [0.4, 0.5) is 0 Å². The Kier molecular flexibility index (Phi) is 2.17. The summed E-state index contributed by atoms with van der Waals surface area (Å²) in [5, 5.41) is 0. The maximum atomic E-state index is 2.34. The van der Waals surface area contributed by atoms with Crippen LogP contribution in [0.25, 0.3) is 0 Å². The van der Waals surface area contributed by atoms with E-state index in [9.17, 15) is 0 Å². The van der Waals surface area contributed by atoms with E-state index in [0.29, 0.717) is 5.41 Å². The van der Waals surface area contributed by atoms with Crippen molar-refractivity contribution in [2.45, 2.75) is 46.5 Å². The predicted molar refractivity (Wildman–Crippen MR) is 61.7 cm³/mol. The molecule has 0 bridgehead atoms. The van der Waals surface area contributed by atoms with Gasteiger partial charge in [-0.15, -0.1) is 0 Å². The summed E-state index contributed by atoms with van der Waals surface area (Å²) in [4.78, 5) is 0. The highest BCUT2D eigenvalue weighted by molar-refractivity contribution is 5.42. The first-order valence-electron chi connectivity index (χ1n) is 5.55. The fourth-order valence-electron chi connectivity index (χ4n) is 2.48. The molecule has 0 amide bonds. The van der Waals surface area contributed by atoms with Crippen LogP contribution in [0.2, 0.25) is 0 Å². The van der Waals surface area contributed by atoms with E-state index < -0.39 is 0 Å². The molecule has 0 N–H and O–H groups in total. The van der Waals surface area contributed by atoms with E-state index in [1.807, 2.05) is 0 Å². The third-order valence-corrected chi connectivity index (χ3v) is 3.06. The van der Waals surface area contributed by atoms with Crippen LogP contribution in [-0.2, 0) is 6.42 Å². The zero-order valence-electron chi connectivity index (χ0n) is 9.72. The van der Waals surface area contributed by atoms with Crippen molar-refractivity contribution in [3.63, 3.8) is 0 Å². The zero-order valence-corrected chi connectivity index (χ0v) is 9.72. The molecule has 0 heteroatoms. The number of aryl methyl sites for hydroxylation is 1. The number of fused-ring (bicyclic) bond motifs is 1. The van der Waals surface area contributed by atoms with E-state index in [4.69, 9.17) is 0 Å². The minimum atomic E-state index is 0.466. The van der Waals surface area contributed by atoms with E-state index in [-0.39, 0.29) is 0 Å². The van der Waals surface area contributed by atoms with Crippen LogP contribution in [0.5, 0.6) is 0 Å². The topological polar surface area (TPSA) is 0 Å². The van der Waals surface area contributed by atoms with Gasteiger partial charge in [0, 0.05) is 0 Å². The Balaban J connectivity index is 2.13. The lowest BCUT2D eigenvalue weighted by molar-refractivity contribution is 0.323. The quantitative estimate of drug-likeness (QED) is 0.623. The number of hydrogen-bond donors (Lipinski definition) is 0. The highest BCUT2D eigenvalue weighted by Gasteiger charge is 2.29. The molecule has 76 valence electrons. The number of rotatable bonds is 1. The Labute approximate surface area is 87.3 Å². The van der Waals surface area contributed by atoms with Crippen LogP contribution in [0.3, 0.4) is 0 Å². The maximum Gasteiger partial charge on any atom is -0.0114 e.